The highest BCUT2D eigenvalue weighted by atomic mass is 31.1. The summed E-state index contributed by atoms with van der Waals surface area (Å²) in [4.78, 5) is 0. The van der Waals surface area contributed by atoms with Gasteiger partial charge in [0.25, 0.3) is 0 Å². The second-order valence-corrected chi connectivity index (χ2v) is 4.14. The summed E-state index contributed by atoms with van der Waals surface area (Å²) in [7, 11) is -2.54. The summed E-state index contributed by atoms with van der Waals surface area (Å²) < 4.78 is 22.1. The number of hydrogen-bond donors (Lipinski definition) is 0. The van der Waals surface area contributed by atoms with Crippen LogP contribution in [0.25, 0.3) is 11.1 Å². The molecule has 3 heteroatoms. The maximum Gasteiger partial charge on any atom is 0.349 e. The Kier molecular flexibility index (Phi) is 2.79. The Bertz CT molecular complexity index is 522. The third kappa shape index (κ3) is 2.05. The van der Waals surface area contributed by atoms with Gasteiger partial charge in [-0.3, -0.25) is 0 Å². The van der Waals surface area contributed by atoms with E-state index in [1.807, 2.05) is 42.5 Å². The van der Waals surface area contributed by atoms with Crippen molar-refractivity contribution in [3.05, 3.63) is 54.6 Å². The molecule has 0 amide bonds. The predicted octanol–water partition coefficient (Wildman–Crippen LogP) is 3.15. The van der Waals surface area contributed by atoms with E-state index in [0.29, 0.717) is 5.30 Å². The molecule has 0 aromatic heterocycles. The lowest BCUT2D eigenvalue weighted by Gasteiger charge is -2.02. The molecule has 0 saturated carbocycles. The van der Waals surface area contributed by atoms with Gasteiger partial charge in [-0.2, -0.15) is 0 Å². The monoisotopic (exact) mass is 216 g/mol. The molecule has 0 aliphatic rings. The average molecular weight is 216 g/mol. The number of benzene rings is 2. The van der Waals surface area contributed by atoms with Gasteiger partial charge in [-0.1, -0.05) is 48.5 Å². The molecule has 0 unspecified atom stereocenters. The molecule has 74 valence electrons. The predicted molar refractivity (Wildman–Crippen MR) is 59.8 cm³/mol. The summed E-state index contributed by atoms with van der Waals surface area (Å²) in [6.45, 7) is 0. The lowest BCUT2D eigenvalue weighted by molar-refractivity contribution is 0.523. The summed E-state index contributed by atoms with van der Waals surface area (Å²) in [6.07, 6.45) is 0. The van der Waals surface area contributed by atoms with Crippen molar-refractivity contribution in [2.75, 3.05) is 0 Å². The van der Waals surface area contributed by atoms with E-state index in [1.165, 1.54) is 0 Å². The largest absolute Gasteiger partial charge is 0.349 e. The summed E-state index contributed by atoms with van der Waals surface area (Å²) >= 11 is 0. The average Bonchev–Trinajstić information content (AvgIpc) is 2.30. The molecule has 15 heavy (non-hydrogen) atoms. The van der Waals surface area contributed by atoms with E-state index in [2.05, 4.69) is 0 Å². The van der Waals surface area contributed by atoms with Crippen molar-refractivity contribution in [3.8, 4) is 11.1 Å². The van der Waals surface area contributed by atoms with Crippen LogP contribution >= 0.6 is 7.68 Å². The van der Waals surface area contributed by atoms with Gasteiger partial charge in [0.05, 0.1) is 5.30 Å². The topological polar surface area (TPSA) is 34.1 Å². The molecular formula is C12H9O2P. The van der Waals surface area contributed by atoms with Crippen molar-refractivity contribution in [2.24, 2.45) is 0 Å². The van der Waals surface area contributed by atoms with E-state index in [9.17, 15) is 9.13 Å². The van der Waals surface area contributed by atoms with Crippen LogP contribution in [0.15, 0.2) is 54.6 Å². The van der Waals surface area contributed by atoms with Crippen LogP contribution in [0.2, 0.25) is 0 Å². The minimum atomic E-state index is -2.54. The highest BCUT2D eigenvalue weighted by Gasteiger charge is 2.07. The van der Waals surface area contributed by atoms with Crippen molar-refractivity contribution in [1.82, 2.24) is 0 Å². The molecule has 0 spiro atoms. The fourth-order valence-electron chi connectivity index (χ4n) is 1.49. The van der Waals surface area contributed by atoms with Gasteiger partial charge in [0.2, 0.25) is 0 Å². The Hall–Kier alpha value is -1.66. The van der Waals surface area contributed by atoms with Gasteiger partial charge in [0.15, 0.2) is 0 Å². The molecule has 0 radical (unpaired) electrons. The molecule has 0 saturated heterocycles. The molecule has 0 fully saturated rings. The normalized spacial score (nSPS) is 9.87. The van der Waals surface area contributed by atoms with Crippen molar-refractivity contribution < 1.29 is 9.13 Å². The van der Waals surface area contributed by atoms with Crippen molar-refractivity contribution in [2.45, 2.75) is 0 Å². The molecular weight excluding hydrogens is 207 g/mol. The Morgan fingerprint density at radius 3 is 2.00 bits per heavy atom. The van der Waals surface area contributed by atoms with E-state index in [1.54, 1.807) is 12.1 Å². The van der Waals surface area contributed by atoms with Gasteiger partial charge >= 0.3 is 7.68 Å². The van der Waals surface area contributed by atoms with Gasteiger partial charge < -0.3 is 0 Å². The first-order valence-corrected chi connectivity index (χ1v) is 5.75. The summed E-state index contributed by atoms with van der Waals surface area (Å²) in [5, 5.41) is 0.374. The second-order valence-electron chi connectivity index (χ2n) is 3.14. The molecule has 2 nitrogen and oxygen atoms in total. The van der Waals surface area contributed by atoms with Gasteiger partial charge in [-0.05, 0) is 17.2 Å². The summed E-state index contributed by atoms with van der Waals surface area (Å²) in [5.74, 6) is 0. The van der Waals surface area contributed by atoms with Gasteiger partial charge in [-0.25, -0.2) is 9.13 Å². The Balaban J connectivity index is 2.63. The molecule has 0 heterocycles. The molecule has 0 bridgehead atoms. The van der Waals surface area contributed by atoms with Crippen LogP contribution in [0.4, 0.5) is 0 Å². The highest BCUT2D eigenvalue weighted by molar-refractivity contribution is 7.41. The Morgan fingerprint density at radius 1 is 0.733 bits per heavy atom. The van der Waals surface area contributed by atoms with Crippen molar-refractivity contribution in [1.29, 1.82) is 0 Å². The quantitative estimate of drug-likeness (QED) is 0.722. The number of hydrogen-bond acceptors (Lipinski definition) is 2. The van der Waals surface area contributed by atoms with Gasteiger partial charge in [0, 0.05) is 0 Å². The van der Waals surface area contributed by atoms with E-state index in [4.69, 9.17) is 0 Å². The third-order valence-corrected chi connectivity index (χ3v) is 2.97. The van der Waals surface area contributed by atoms with Crippen LogP contribution in [0.3, 0.4) is 0 Å². The van der Waals surface area contributed by atoms with Crippen LogP contribution in [0.5, 0.6) is 0 Å². The zero-order valence-corrected chi connectivity index (χ0v) is 8.85. The Morgan fingerprint density at radius 2 is 1.33 bits per heavy atom. The minimum absolute atomic E-state index is 0.374. The van der Waals surface area contributed by atoms with Crippen molar-refractivity contribution >= 4 is 13.0 Å². The van der Waals surface area contributed by atoms with Crippen LogP contribution in [-0.4, -0.2) is 0 Å². The SMILES string of the molecule is O=P(=O)c1ccccc1-c1ccccc1. The highest BCUT2D eigenvalue weighted by Crippen LogP contribution is 2.21. The summed E-state index contributed by atoms with van der Waals surface area (Å²) in [5.41, 5.74) is 1.68. The molecule has 2 rings (SSSR count). The minimum Gasteiger partial charge on any atom is -0.232 e. The van der Waals surface area contributed by atoms with Gasteiger partial charge in [-0.15, -0.1) is 0 Å². The lowest BCUT2D eigenvalue weighted by Crippen LogP contribution is -1.97. The van der Waals surface area contributed by atoms with Crippen LogP contribution < -0.4 is 5.30 Å². The fourth-order valence-corrected chi connectivity index (χ4v) is 2.10. The lowest BCUT2D eigenvalue weighted by atomic mass is 10.1. The zero-order chi connectivity index (χ0) is 10.7. The van der Waals surface area contributed by atoms with Crippen LogP contribution in [0.1, 0.15) is 0 Å². The van der Waals surface area contributed by atoms with Crippen molar-refractivity contribution in [3.63, 3.8) is 0 Å². The maximum atomic E-state index is 11.0. The first kappa shape index (κ1) is 9.88. The molecule has 0 aliphatic heterocycles. The van der Waals surface area contributed by atoms with E-state index in [-0.39, 0.29) is 0 Å². The van der Waals surface area contributed by atoms with Crippen LogP contribution in [-0.2, 0) is 9.13 Å². The smallest absolute Gasteiger partial charge is 0.232 e. The standard InChI is InChI=1S/C12H9O2P/c13-15(14)12-9-5-4-8-11(12)10-6-2-1-3-7-10/h1-9H. The van der Waals surface area contributed by atoms with Crippen LogP contribution in [0, 0.1) is 0 Å². The van der Waals surface area contributed by atoms with E-state index in [0.717, 1.165) is 11.1 Å². The maximum absolute atomic E-state index is 11.0. The Labute approximate surface area is 88.4 Å². The molecule has 0 atom stereocenters. The molecule has 2 aromatic rings. The first-order valence-electron chi connectivity index (χ1n) is 4.58. The zero-order valence-electron chi connectivity index (χ0n) is 7.96. The third-order valence-electron chi connectivity index (χ3n) is 2.19. The first-order chi connectivity index (χ1) is 7.29. The van der Waals surface area contributed by atoms with Gasteiger partial charge in [0.1, 0.15) is 0 Å². The molecule has 0 aliphatic carbocycles. The summed E-state index contributed by atoms with van der Waals surface area (Å²) in [6, 6.07) is 16.5. The van der Waals surface area contributed by atoms with E-state index >= 15 is 0 Å². The molecule has 0 N–H and O–H groups in total. The second kappa shape index (κ2) is 4.24. The van der Waals surface area contributed by atoms with E-state index < -0.39 is 7.68 Å². The molecule has 2 aromatic carbocycles. The fraction of sp³-hybridized carbons (Fsp3) is 0. The number of rotatable bonds is 2.